The SMILES string of the molecule is COCc1nc([C@H]2COCCN2C(=O)c2cc(Cl)cc(Cl)c2)no1. The summed E-state index contributed by atoms with van der Waals surface area (Å²) in [5.41, 5.74) is 0.403. The molecule has 9 heteroatoms. The van der Waals surface area contributed by atoms with Crippen LogP contribution < -0.4 is 0 Å². The molecule has 3 rings (SSSR count). The van der Waals surface area contributed by atoms with Crippen molar-refractivity contribution in [3.63, 3.8) is 0 Å². The molecule has 2 aromatic rings. The number of methoxy groups -OCH3 is 1. The average Bonchev–Trinajstić information content (AvgIpc) is 3.02. The van der Waals surface area contributed by atoms with Gasteiger partial charge in [-0.3, -0.25) is 4.79 Å². The van der Waals surface area contributed by atoms with Gasteiger partial charge in [-0.1, -0.05) is 28.4 Å². The molecule has 1 aromatic heterocycles. The van der Waals surface area contributed by atoms with E-state index in [9.17, 15) is 4.79 Å². The molecular formula is C15H15Cl2N3O4. The Bertz CT molecular complexity index is 717. The van der Waals surface area contributed by atoms with Gasteiger partial charge in [0.25, 0.3) is 11.8 Å². The van der Waals surface area contributed by atoms with Gasteiger partial charge in [-0.25, -0.2) is 0 Å². The summed E-state index contributed by atoms with van der Waals surface area (Å²) in [4.78, 5) is 18.8. The van der Waals surface area contributed by atoms with Crippen LogP contribution in [0.25, 0.3) is 0 Å². The third-order valence-electron chi connectivity index (χ3n) is 3.55. The molecule has 2 heterocycles. The van der Waals surface area contributed by atoms with E-state index in [1.54, 1.807) is 23.1 Å². The minimum absolute atomic E-state index is 0.207. The number of amides is 1. The molecule has 1 aromatic carbocycles. The van der Waals surface area contributed by atoms with Crippen molar-refractivity contribution < 1.29 is 18.8 Å². The van der Waals surface area contributed by atoms with Gasteiger partial charge in [0, 0.05) is 29.3 Å². The number of carbonyl (C=O) groups excluding carboxylic acids is 1. The van der Waals surface area contributed by atoms with Crippen LogP contribution in [0.15, 0.2) is 22.7 Å². The summed E-state index contributed by atoms with van der Waals surface area (Å²) in [7, 11) is 1.53. The Labute approximate surface area is 148 Å². The molecule has 24 heavy (non-hydrogen) atoms. The van der Waals surface area contributed by atoms with Crippen LogP contribution in [-0.4, -0.2) is 47.8 Å². The number of ether oxygens (including phenoxy) is 2. The molecule has 7 nitrogen and oxygen atoms in total. The first kappa shape index (κ1) is 17.2. The summed E-state index contributed by atoms with van der Waals surface area (Å²) in [6.45, 7) is 1.32. The highest BCUT2D eigenvalue weighted by Crippen LogP contribution is 2.26. The van der Waals surface area contributed by atoms with Crippen LogP contribution in [0.5, 0.6) is 0 Å². The molecular weight excluding hydrogens is 357 g/mol. The summed E-state index contributed by atoms with van der Waals surface area (Å²) in [6, 6.07) is 4.29. The average molecular weight is 372 g/mol. The fraction of sp³-hybridized carbons (Fsp3) is 0.400. The van der Waals surface area contributed by atoms with Crippen LogP contribution in [0, 0.1) is 0 Å². The van der Waals surface area contributed by atoms with Crippen LogP contribution in [-0.2, 0) is 16.1 Å². The number of halogens is 2. The molecule has 128 valence electrons. The van der Waals surface area contributed by atoms with Crippen molar-refractivity contribution in [2.24, 2.45) is 0 Å². The van der Waals surface area contributed by atoms with E-state index in [1.165, 1.54) is 7.11 Å². The van der Waals surface area contributed by atoms with Crippen LogP contribution in [0.4, 0.5) is 0 Å². The van der Waals surface area contributed by atoms with E-state index in [2.05, 4.69) is 10.1 Å². The lowest BCUT2D eigenvalue weighted by atomic mass is 10.1. The standard InChI is InChI=1S/C15H15Cl2N3O4/c1-22-8-13-18-14(19-24-13)12-7-23-3-2-20(12)15(21)9-4-10(16)6-11(17)5-9/h4-6,12H,2-3,7-8H2,1H3/t12-/m1/s1. The molecule has 0 saturated carbocycles. The Morgan fingerprint density at radius 2 is 2.12 bits per heavy atom. The lowest BCUT2D eigenvalue weighted by Crippen LogP contribution is -2.43. The van der Waals surface area contributed by atoms with Gasteiger partial charge in [0.05, 0.1) is 13.2 Å². The molecule has 0 bridgehead atoms. The highest BCUT2D eigenvalue weighted by Gasteiger charge is 2.33. The van der Waals surface area contributed by atoms with Gasteiger partial charge in [0.2, 0.25) is 0 Å². The Morgan fingerprint density at radius 1 is 1.38 bits per heavy atom. The summed E-state index contributed by atoms with van der Waals surface area (Å²) < 4.78 is 15.5. The normalized spacial score (nSPS) is 18.0. The molecule has 0 spiro atoms. The second-order valence-electron chi connectivity index (χ2n) is 5.23. The van der Waals surface area contributed by atoms with Gasteiger partial charge < -0.3 is 18.9 Å². The van der Waals surface area contributed by atoms with Crippen LogP contribution >= 0.6 is 23.2 Å². The number of benzene rings is 1. The summed E-state index contributed by atoms with van der Waals surface area (Å²) in [5.74, 6) is 0.505. The first-order valence-corrected chi connectivity index (χ1v) is 8.00. The zero-order chi connectivity index (χ0) is 17.1. The Balaban J connectivity index is 1.86. The molecule has 1 fully saturated rings. The van der Waals surface area contributed by atoms with Gasteiger partial charge in [-0.15, -0.1) is 0 Å². The number of carbonyl (C=O) groups is 1. The summed E-state index contributed by atoms with van der Waals surface area (Å²) in [6.07, 6.45) is 0. The number of nitrogens with zero attached hydrogens (tertiary/aromatic N) is 3. The number of aromatic nitrogens is 2. The van der Waals surface area contributed by atoms with E-state index in [4.69, 9.17) is 37.2 Å². The van der Waals surface area contributed by atoms with Crippen molar-refractivity contribution >= 4 is 29.1 Å². The fourth-order valence-electron chi connectivity index (χ4n) is 2.49. The monoisotopic (exact) mass is 371 g/mol. The van der Waals surface area contributed by atoms with Gasteiger partial charge in [0.1, 0.15) is 12.6 Å². The highest BCUT2D eigenvalue weighted by molar-refractivity contribution is 6.35. The van der Waals surface area contributed by atoms with E-state index < -0.39 is 6.04 Å². The highest BCUT2D eigenvalue weighted by atomic mass is 35.5. The minimum atomic E-state index is -0.446. The molecule has 1 aliphatic rings. The van der Waals surface area contributed by atoms with Crippen molar-refractivity contribution in [1.29, 1.82) is 0 Å². The predicted octanol–water partition coefficient (Wildman–Crippen LogP) is 2.74. The number of rotatable bonds is 4. The maximum Gasteiger partial charge on any atom is 0.254 e. The quantitative estimate of drug-likeness (QED) is 0.821. The van der Waals surface area contributed by atoms with Crippen molar-refractivity contribution in [3.8, 4) is 0 Å². The second-order valence-corrected chi connectivity index (χ2v) is 6.10. The maximum absolute atomic E-state index is 12.9. The number of morpholine rings is 1. The Morgan fingerprint density at radius 3 is 2.83 bits per heavy atom. The smallest absolute Gasteiger partial charge is 0.254 e. The van der Waals surface area contributed by atoms with Crippen molar-refractivity contribution in [2.45, 2.75) is 12.6 Å². The summed E-state index contributed by atoms with van der Waals surface area (Å²) in [5, 5.41) is 4.73. The maximum atomic E-state index is 12.9. The topological polar surface area (TPSA) is 77.7 Å². The molecule has 1 saturated heterocycles. The molecule has 0 radical (unpaired) electrons. The molecule has 1 amide bonds. The number of hydrogen-bond acceptors (Lipinski definition) is 6. The zero-order valence-corrected chi connectivity index (χ0v) is 14.4. The van der Waals surface area contributed by atoms with Crippen LogP contribution in [0.1, 0.15) is 28.1 Å². The fourth-order valence-corrected chi connectivity index (χ4v) is 3.02. The molecule has 0 unspecified atom stereocenters. The molecule has 1 aliphatic heterocycles. The van der Waals surface area contributed by atoms with E-state index in [1.807, 2.05) is 0 Å². The first-order valence-electron chi connectivity index (χ1n) is 7.24. The van der Waals surface area contributed by atoms with E-state index in [-0.39, 0.29) is 19.1 Å². The second kappa shape index (κ2) is 7.48. The van der Waals surface area contributed by atoms with Gasteiger partial charge in [0.15, 0.2) is 5.82 Å². The Hall–Kier alpha value is -1.67. The van der Waals surface area contributed by atoms with Gasteiger partial charge in [-0.05, 0) is 18.2 Å². The molecule has 0 aliphatic carbocycles. The van der Waals surface area contributed by atoms with E-state index in [0.717, 1.165) is 0 Å². The van der Waals surface area contributed by atoms with E-state index >= 15 is 0 Å². The largest absolute Gasteiger partial charge is 0.377 e. The first-order chi connectivity index (χ1) is 11.6. The number of hydrogen-bond donors (Lipinski definition) is 0. The van der Waals surface area contributed by atoms with Crippen molar-refractivity contribution in [2.75, 3.05) is 26.9 Å². The summed E-state index contributed by atoms with van der Waals surface area (Å²) >= 11 is 12.0. The van der Waals surface area contributed by atoms with Crippen molar-refractivity contribution in [3.05, 3.63) is 45.5 Å². The lowest BCUT2D eigenvalue weighted by Gasteiger charge is -2.33. The van der Waals surface area contributed by atoms with Crippen LogP contribution in [0.2, 0.25) is 10.0 Å². The van der Waals surface area contributed by atoms with E-state index in [0.29, 0.717) is 40.5 Å². The van der Waals surface area contributed by atoms with Crippen molar-refractivity contribution in [1.82, 2.24) is 15.0 Å². The Kier molecular flexibility index (Phi) is 5.35. The molecule has 0 N–H and O–H groups in total. The minimum Gasteiger partial charge on any atom is -0.377 e. The van der Waals surface area contributed by atoms with Gasteiger partial charge in [-0.2, -0.15) is 4.98 Å². The van der Waals surface area contributed by atoms with Crippen LogP contribution in [0.3, 0.4) is 0 Å². The predicted molar refractivity (Wildman–Crippen MR) is 86.1 cm³/mol. The zero-order valence-electron chi connectivity index (χ0n) is 12.9. The lowest BCUT2D eigenvalue weighted by molar-refractivity contribution is -0.00576. The third kappa shape index (κ3) is 3.70. The third-order valence-corrected chi connectivity index (χ3v) is 3.98. The molecule has 1 atom stereocenters. The van der Waals surface area contributed by atoms with Gasteiger partial charge >= 0.3 is 0 Å².